The lowest BCUT2D eigenvalue weighted by Crippen LogP contribution is -2.38. The van der Waals surface area contributed by atoms with Gasteiger partial charge in [-0.1, -0.05) is 31.0 Å². The lowest BCUT2D eigenvalue weighted by molar-refractivity contribution is 0.625. The maximum atomic E-state index is 5.97. The molecular formula is C17H25IN4. The number of rotatable bonds is 4. The molecule has 2 aromatic rings. The van der Waals surface area contributed by atoms with Crippen molar-refractivity contribution < 1.29 is 0 Å². The van der Waals surface area contributed by atoms with E-state index in [2.05, 4.69) is 46.5 Å². The fourth-order valence-corrected chi connectivity index (χ4v) is 3.27. The van der Waals surface area contributed by atoms with Gasteiger partial charge in [0.05, 0.1) is 0 Å². The van der Waals surface area contributed by atoms with Crippen LogP contribution in [0.4, 0.5) is 0 Å². The zero-order valence-electron chi connectivity index (χ0n) is 13.1. The summed E-state index contributed by atoms with van der Waals surface area (Å²) in [6, 6.07) is 8.95. The Morgan fingerprint density at radius 2 is 2.05 bits per heavy atom. The Hall–Kier alpha value is -1.24. The van der Waals surface area contributed by atoms with Crippen LogP contribution in [0.15, 0.2) is 29.3 Å². The maximum Gasteiger partial charge on any atom is 0.188 e. The monoisotopic (exact) mass is 412 g/mol. The second kappa shape index (κ2) is 7.85. The van der Waals surface area contributed by atoms with Gasteiger partial charge in [-0.25, -0.2) is 0 Å². The van der Waals surface area contributed by atoms with Gasteiger partial charge in [-0.15, -0.1) is 24.0 Å². The Morgan fingerprint density at radius 1 is 1.32 bits per heavy atom. The molecule has 4 N–H and O–H groups in total. The van der Waals surface area contributed by atoms with E-state index in [1.807, 2.05) is 0 Å². The third kappa shape index (κ3) is 3.94. The summed E-state index contributed by atoms with van der Waals surface area (Å²) in [5, 5.41) is 4.63. The minimum atomic E-state index is 0. The van der Waals surface area contributed by atoms with E-state index in [4.69, 9.17) is 5.73 Å². The highest BCUT2D eigenvalue weighted by molar-refractivity contribution is 14.0. The number of aliphatic imine (C=N–C) groups is 1. The van der Waals surface area contributed by atoms with Crippen LogP contribution >= 0.6 is 24.0 Å². The van der Waals surface area contributed by atoms with Gasteiger partial charge >= 0.3 is 0 Å². The number of guanidine groups is 1. The van der Waals surface area contributed by atoms with Gasteiger partial charge in [0.2, 0.25) is 0 Å². The van der Waals surface area contributed by atoms with Crippen LogP contribution in [-0.4, -0.2) is 23.5 Å². The van der Waals surface area contributed by atoms with E-state index >= 15 is 0 Å². The summed E-state index contributed by atoms with van der Waals surface area (Å²) in [5.41, 5.74) is 9.76. The molecule has 0 radical (unpaired) electrons. The SMILES string of the molecule is Cc1[nH]c2ccccc2c1CCN=C(N)NC1CCCC1.I. The van der Waals surface area contributed by atoms with Gasteiger partial charge in [-0.2, -0.15) is 0 Å². The molecule has 1 aliphatic carbocycles. The van der Waals surface area contributed by atoms with Crippen LogP contribution in [-0.2, 0) is 6.42 Å². The van der Waals surface area contributed by atoms with Gasteiger partial charge < -0.3 is 16.0 Å². The normalized spacial score (nSPS) is 16.0. The van der Waals surface area contributed by atoms with Crippen LogP contribution in [0.25, 0.3) is 10.9 Å². The minimum absolute atomic E-state index is 0. The third-order valence-corrected chi connectivity index (χ3v) is 4.38. The first-order chi connectivity index (χ1) is 10.2. The highest BCUT2D eigenvalue weighted by atomic mass is 127. The number of aryl methyl sites for hydroxylation is 1. The van der Waals surface area contributed by atoms with Crippen molar-refractivity contribution in [2.45, 2.75) is 45.1 Å². The maximum absolute atomic E-state index is 5.97. The lowest BCUT2D eigenvalue weighted by atomic mass is 10.1. The molecule has 1 heterocycles. The first kappa shape index (κ1) is 17.1. The average Bonchev–Trinajstić information content (AvgIpc) is 3.07. The van der Waals surface area contributed by atoms with Crippen molar-refractivity contribution in [3.63, 3.8) is 0 Å². The molecule has 0 atom stereocenters. The number of nitrogens with zero attached hydrogens (tertiary/aromatic N) is 1. The van der Waals surface area contributed by atoms with Gasteiger partial charge in [0, 0.05) is 29.2 Å². The van der Waals surface area contributed by atoms with E-state index in [9.17, 15) is 0 Å². The number of hydrogen-bond acceptors (Lipinski definition) is 1. The predicted octanol–water partition coefficient (Wildman–Crippen LogP) is 3.48. The molecule has 0 saturated heterocycles. The molecule has 1 aromatic carbocycles. The second-order valence-corrected chi connectivity index (χ2v) is 5.92. The Kier molecular flexibility index (Phi) is 6.11. The molecule has 0 spiro atoms. The van der Waals surface area contributed by atoms with Gasteiger partial charge in [0.1, 0.15) is 0 Å². The Morgan fingerprint density at radius 3 is 2.82 bits per heavy atom. The van der Waals surface area contributed by atoms with E-state index < -0.39 is 0 Å². The number of nitrogens with two attached hydrogens (primary N) is 1. The number of hydrogen-bond donors (Lipinski definition) is 3. The number of halogens is 1. The first-order valence-electron chi connectivity index (χ1n) is 7.86. The van der Waals surface area contributed by atoms with Crippen LogP contribution in [0.2, 0.25) is 0 Å². The average molecular weight is 412 g/mol. The van der Waals surface area contributed by atoms with Gasteiger partial charge in [-0.3, -0.25) is 4.99 Å². The largest absolute Gasteiger partial charge is 0.370 e. The molecule has 0 bridgehead atoms. The van der Waals surface area contributed by atoms with E-state index in [0.717, 1.165) is 13.0 Å². The predicted molar refractivity (Wildman–Crippen MR) is 104 cm³/mol. The fraction of sp³-hybridized carbons (Fsp3) is 0.471. The standard InChI is InChI=1S/C17H24N4.HI/c1-12-14(15-8-4-5-9-16(15)20-12)10-11-19-17(18)21-13-6-2-3-7-13;/h4-5,8-9,13,20H,2-3,6-7,10-11H2,1H3,(H3,18,19,21);1H. The lowest BCUT2D eigenvalue weighted by Gasteiger charge is -2.12. The van der Waals surface area contributed by atoms with E-state index in [-0.39, 0.29) is 24.0 Å². The summed E-state index contributed by atoms with van der Waals surface area (Å²) >= 11 is 0. The summed E-state index contributed by atoms with van der Waals surface area (Å²) in [6.45, 7) is 2.85. The fourth-order valence-electron chi connectivity index (χ4n) is 3.27. The van der Waals surface area contributed by atoms with Crippen LogP contribution in [0.5, 0.6) is 0 Å². The summed E-state index contributed by atoms with van der Waals surface area (Å²) in [4.78, 5) is 7.91. The summed E-state index contributed by atoms with van der Waals surface area (Å²) in [7, 11) is 0. The second-order valence-electron chi connectivity index (χ2n) is 5.92. The van der Waals surface area contributed by atoms with Crippen molar-refractivity contribution in [2.24, 2.45) is 10.7 Å². The molecule has 4 nitrogen and oxygen atoms in total. The number of fused-ring (bicyclic) bond motifs is 1. The summed E-state index contributed by atoms with van der Waals surface area (Å²) in [5.74, 6) is 0.597. The zero-order valence-corrected chi connectivity index (χ0v) is 15.4. The molecule has 5 heteroatoms. The zero-order chi connectivity index (χ0) is 14.7. The molecule has 0 aliphatic heterocycles. The molecular weight excluding hydrogens is 387 g/mol. The van der Waals surface area contributed by atoms with Gasteiger partial charge in [-0.05, 0) is 37.8 Å². The number of para-hydroxylation sites is 1. The van der Waals surface area contributed by atoms with Crippen molar-refractivity contribution in [2.75, 3.05) is 6.54 Å². The van der Waals surface area contributed by atoms with Crippen LogP contribution in [0, 0.1) is 6.92 Å². The van der Waals surface area contributed by atoms with E-state index in [1.54, 1.807) is 0 Å². The molecule has 1 aromatic heterocycles. The van der Waals surface area contributed by atoms with Crippen LogP contribution < -0.4 is 11.1 Å². The highest BCUT2D eigenvalue weighted by Crippen LogP contribution is 2.22. The number of aromatic nitrogens is 1. The smallest absolute Gasteiger partial charge is 0.188 e. The van der Waals surface area contributed by atoms with Crippen molar-refractivity contribution >= 4 is 40.8 Å². The molecule has 1 aliphatic rings. The van der Waals surface area contributed by atoms with Crippen LogP contribution in [0.3, 0.4) is 0 Å². The van der Waals surface area contributed by atoms with Crippen molar-refractivity contribution in [1.82, 2.24) is 10.3 Å². The molecule has 22 heavy (non-hydrogen) atoms. The molecule has 0 unspecified atom stereocenters. The van der Waals surface area contributed by atoms with Gasteiger partial charge in [0.15, 0.2) is 5.96 Å². The molecule has 3 rings (SSSR count). The quantitative estimate of drug-likeness (QED) is 0.409. The molecule has 0 amide bonds. The highest BCUT2D eigenvalue weighted by Gasteiger charge is 2.14. The van der Waals surface area contributed by atoms with E-state index in [1.165, 1.54) is 47.8 Å². The molecule has 120 valence electrons. The number of benzene rings is 1. The molecule has 1 saturated carbocycles. The minimum Gasteiger partial charge on any atom is -0.370 e. The topological polar surface area (TPSA) is 66.2 Å². The van der Waals surface area contributed by atoms with Crippen molar-refractivity contribution in [3.05, 3.63) is 35.5 Å². The van der Waals surface area contributed by atoms with Crippen molar-refractivity contribution in [3.8, 4) is 0 Å². The Bertz CT molecular complexity index is 641. The third-order valence-electron chi connectivity index (χ3n) is 4.38. The Balaban J connectivity index is 0.00000176. The number of nitrogens with one attached hydrogen (secondary N) is 2. The Labute approximate surface area is 149 Å². The van der Waals surface area contributed by atoms with Crippen LogP contribution in [0.1, 0.15) is 36.9 Å². The number of aromatic amines is 1. The van der Waals surface area contributed by atoms with Crippen molar-refractivity contribution in [1.29, 1.82) is 0 Å². The van der Waals surface area contributed by atoms with E-state index in [0.29, 0.717) is 12.0 Å². The number of H-pyrrole nitrogens is 1. The molecule has 1 fully saturated rings. The van der Waals surface area contributed by atoms with Gasteiger partial charge in [0.25, 0.3) is 0 Å². The summed E-state index contributed by atoms with van der Waals surface area (Å²) < 4.78 is 0. The summed E-state index contributed by atoms with van der Waals surface area (Å²) in [6.07, 6.45) is 5.97. The first-order valence-corrected chi connectivity index (χ1v) is 7.86.